The largest absolute Gasteiger partial charge is 0.486 e. The van der Waals surface area contributed by atoms with Gasteiger partial charge in [0, 0.05) is 13.1 Å². The lowest BCUT2D eigenvalue weighted by Crippen LogP contribution is -2.26. The number of hydrogen-bond donors (Lipinski definition) is 0. The number of sulfonamides is 1. The van der Waals surface area contributed by atoms with Gasteiger partial charge < -0.3 is 9.47 Å². The highest BCUT2D eigenvalue weighted by molar-refractivity contribution is 7.92. The van der Waals surface area contributed by atoms with Crippen LogP contribution >= 0.6 is 23.2 Å². The van der Waals surface area contributed by atoms with Gasteiger partial charge in [0.15, 0.2) is 11.5 Å². The molecule has 122 valence electrons. The van der Waals surface area contributed by atoms with E-state index in [0.29, 0.717) is 35.4 Å². The van der Waals surface area contributed by atoms with Crippen LogP contribution in [0.25, 0.3) is 0 Å². The van der Waals surface area contributed by atoms with E-state index in [1.54, 1.807) is 18.2 Å². The Morgan fingerprint density at radius 3 is 2.35 bits per heavy atom. The van der Waals surface area contributed by atoms with Crippen LogP contribution in [0.1, 0.15) is 0 Å². The lowest BCUT2D eigenvalue weighted by atomic mass is 10.3. The Bertz CT molecular complexity index is 855. The maximum absolute atomic E-state index is 12.8. The van der Waals surface area contributed by atoms with Crippen molar-refractivity contribution in [2.75, 3.05) is 24.6 Å². The highest BCUT2D eigenvalue weighted by atomic mass is 35.5. The third kappa shape index (κ3) is 3.06. The fourth-order valence-corrected chi connectivity index (χ4v) is 3.66. The molecule has 5 nitrogen and oxygen atoms in total. The molecule has 0 atom stereocenters. The minimum absolute atomic E-state index is 0.107. The van der Waals surface area contributed by atoms with Crippen LogP contribution in [0.2, 0.25) is 10.0 Å². The molecule has 0 saturated carbocycles. The summed E-state index contributed by atoms with van der Waals surface area (Å²) < 4.78 is 37.5. The van der Waals surface area contributed by atoms with Gasteiger partial charge >= 0.3 is 0 Å². The summed E-state index contributed by atoms with van der Waals surface area (Å²) in [6.45, 7) is 0.835. The van der Waals surface area contributed by atoms with Crippen molar-refractivity contribution in [3.8, 4) is 11.5 Å². The first-order valence-electron chi connectivity index (χ1n) is 6.73. The van der Waals surface area contributed by atoms with Gasteiger partial charge in [-0.05, 0) is 30.3 Å². The normalized spacial score (nSPS) is 13.7. The van der Waals surface area contributed by atoms with E-state index in [0.717, 1.165) is 4.31 Å². The minimum atomic E-state index is -3.76. The number of anilines is 1. The van der Waals surface area contributed by atoms with Crippen LogP contribution in [0, 0.1) is 0 Å². The van der Waals surface area contributed by atoms with Gasteiger partial charge in [0.25, 0.3) is 10.0 Å². The molecule has 23 heavy (non-hydrogen) atoms. The highest BCUT2D eigenvalue weighted by Gasteiger charge is 2.24. The molecule has 0 radical (unpaired) electrons. The molecule has 0 N–H and O–H groups in total. The Balaban J connectivity index is 1.98. The lowest BCUT2D eigenvalue weighted by Gasteiger charge is -2.22. The average molecular weight is 374 g/mol. The van der Waals surface area contributed by atoms with E-state index in [-0.39, 0.29) is 9.92 Å². The van der Waals surface area contributed by atoms with Crippen molar-refractivity contribution in [3.63, 3.8) is 0 Å². The first-order valence-corrected chi connectivity index (χ1v) is 8.93. The first kappa shape index (κ1) is 16.2. The van der Waals surface area contributed by atoms with Gasteiger partial charge in [-0.15, -0.1) is 0 Å². The van der Waals surface area contributed by atoms with Crippen LogP contribution in [0.3, 0.4) is 0 Å². The van der Waals surface area contributed by atoms with E-state index in [1.165, 1.54) is 25.2 Å². The molecule has 2 aromatic carbocycles. The van der Waals surface area contributed by atoms with E-state index in [9.17, 15) is 8.42 Å². The van der Waals surface area contributed by atoms with Crippen molar-refractivity contribution in [2.24, 2.45) is 0 Å². The summed E-state index contributed by atoms with van der Waals surface area (Å²) in [5.41, 5.74) is 0.411. The molecule has 0 amide bonds. The minimum Gasteiger partial charge on any atom is -0.486 e. The van der Waals surface area contributed by atoms with Crippen LogP contribution in [0.4, 0.5) is 5.69 Å². The summed E-state index contributed by atoms with van der Waals surface area (Å²) in [5, 5.41) is 0.647. The second kappa shape index (κ2) is 6.11. The second-order valence-electron chi connectivity index (χ2n) is 4.88. The van der Waals surface area contributed by atoms with Crippen molar-refractivity contribution in [1.29, 1.82) is 0 Å². The number of fused-ring (bicyclic) bond motifs is 1. The first-order chi connectivity index (χ1) is 10.9. The Morgan fingerprint density at radius 1 is 0.957 bits per heavy atom. The lowest BCUT2D eigenvalue weighted by molar-refractivity contribution is 0.171. The topological polar surface area (TPSA) is 55.8 Å². The number of benzene rings is 2. The van der Waals surface area contributed by atoms with Crippen LogP contribution in [-0.4, -0.2) is 28.7 Å². The summed E-state index contributed by atoms with van der Waals surface area (Å²) in [6, 6.07) is 9.16. The zero-order chi connectivity index (χ0) is 16.6. The Kier molecular flexibility index (Phi) is 4.31. The van der Waals surface area contributed by atoms with Gasteiger partial charge in [-0.25, -0.2) is 8.42 Å². The number of rotatable bonds is 3. The molecule has 8 heteroatoms. The van der Waals surface area contributed by atoms with Crippen molar-refractivity contribution in [3.05, 3.63) is 46.4 Å². The van der Waals surface area contributed by atoms with Gasteiger partial charge in [0.2, 0.25) is 0 Å². The summed E-state index contributed by atoms with van der Waals surface area (Å²) >= 11 is 11.8. The van der Waals surface area contributed by atoms with Crippen molar-refractivity contribution in [1.82, 2.24) is 0 Å². The number of hydrogen-bond acceptors (Lipinski definition) is 4. The van der Waals surface area contributed by atoms with E-state index in [4.69, 9.17) is 32.7 Å². The standard InChI is InChI=1S/C15H13Cl2NO4S/c1-18(10-2-4-12(16)13(17)8-10)23(19,20)11-3-5-14-15(9-11)22-7-6-21-14/h2-5,8-9H,6-7H2,1H3. The molecule has 0 unspecified atom stereocenters. The molecular weight excluding hydrogens is 361 g/mol. The zero-order valence-corrected chi connectivity index (χ0v) is 14.5. The maximum Gasteiger partial charge on any atom is 0.264 e. The molecule has 0 aromatic heterocycles. The van der Waals surface area contributed by atoms with Gasteiger partial charge in [-0.1, -0.05) is 23.2 Å². The molecule has 1 aliphatic rings. The van der Waals surface area contributed by atoms with E-state index in [2.05, 4.69) is 0 Å². The second-order valence-corrected chi connectivity index (χ2v) is 7.66. The van der Waals surface area contributed by atoms with E-state index < -0.39 is 10.0 Å². The Labute approximate surface area is 144 Å². The molecule has 1 aliphatic heterocycles. The SMILES string of the molecule is CN(c1ccc(Cl)c(Cl)c1)S(=O)(=O)c1ccc2c(c1)OCCO2. The van der Waals surface area contributed by atoms with Crippen LogP contribution < -0.4 is 13.8 Å². The third-order valence-electron chi connectivity index (χ3n) is 3.44. The summed E-state index contributed by atoms with van der Waals surface area (Å²) in [4.78, 5) is 0.107. The van der Waals surface area contributed by atoms with Gasteiger partial charge in [0.05, 0.1) is 20.6 Å². The van der Waals surface area contributed by atoms with Crippen molar-refractivity contribution >= 4 is 38.9 Å². The Hall–Kier alpha value is -1.63. The van der Waals surface area contributed by atoms with Crippen LogP contribution in [0.5, 0.6) is 11.5 Å². The molecule has 1 heterocycles. The van der Waals surface area contributed by atoms with Crippen LogP contribution in [-0.2, 0) is 10.0 Å². The molecule has 3 rings (SSSR count). The van der Waals surface area contributed by atoms with E-state index in [1.807, 2.05) is 0 Å². The summed E-state index contributed by atoms with van der Waals surface area (Å²) in [7, 11) is -2.31. The van der Waals surface area contributed by atoms with Gasteiger partial charge in [0.1, 0.15) is 13.2 Å². The number of ether oxygens (including phenoxy) is 2. The summed E-state index contributed by atoms with van der Waals surface area (Å²) in [5.74, 6) is 0.951. The molecule has 0 fully saturated rings. The molecule has 0 aliphatic carbocycles. The summed E-state index contributed by atoms with van der Waals surface area (Å²) in [6.07, 6.45) is 0. The van der Waals surface area contributed by atoms with Crippen molar-refractivity contribution in [2.45, 2.75) is 4.90 Å². The van der Waals surface area contributed by atoms with Gasteiger partial charge in [-0.2, -0.15) is 0 Å². The average Bonchev–Trinajstić information content (AvgIpc) is 2.56. The van der Waals surface area contributed by atoms with Gasteiger partial charge in [-0.3, -0.25) is 4.31 Å². The molecule has 2 aromatic rings. The number of halogens is 2. The molecule has 0 spiro atoms. The molecule has 0 bridgehead atoms. The third-order valence-corrected chi connectivity index (χ3v) is 5.96. The fraction of sp³-hybridized carbons (Fsp3) is 0.200. The monoisotopic (exact) mass is 373 g/mol. The number of nitrogens with zero attached hydrogens (tertiary/aromatic N) is 1. The molecule has 0 saturated heterocycles. The Morgan fingerprint density at radius 2 is 1.65 bits per heavy atom. The highest BCUT2D eigenvalue weighted by Crippen LogP contribution is 2.34. The quantitative estimate of drug-likeness (QED) is 0.824. The smallest absolute Gasteiger partial charge is 0.264 e. The predicted octanol–water partition coefficient (Wildman–Crippen LogP) is 3.59. The van der Waals surface area contributed by atoms with E-state index >= 15 is 0 Å². The van der Waals surface area contributed by atoms with Crippen LogP contribution in [0.15, 0.2) is 41.3 Å². The zero-order valence-electron chi connectivity index (χ0n) is 12.1. The predicted molar refractivity (Wildman–Crippen MR) is 89.5 cm³/mol. The molecular formula is C15H13Cl2NO4S. The van der Waals surface area contributed by atoms with Crippen molar-refractivity contribution < 1.29 is 17.9 Å². The fourth-order valence-electron chi connectivity index (χ4n) is 2.16. The maximum atomic E-state index is 12.8.